The zero-order chi connectivity index (χ0) is 11.3. The van der Waals surface area contributed by atoms with Gasteiger partial charge in [0, 0.05) is 9.86 Å². The first-order valence-electron chi connectivity index (χ1n) is 5.53. The van der Waals surface area contributed by atoms with E-state index in [9.17, 15) is 5.11 Å². The molecule has 0 aliphatic heterocycles. The van der Waals surface area contributed by atoms with Crippen LogP contribution in [0.5, 0.6) is 0 Å². The van der Waals surface area contributed by atoms with Crippen LogP contribution >= 0.6 is 15.9 Å². The van der Waals surface area contributed by atoms with E-state index in [2.05, 4.69) is 15.9 Å². The number of aryl methyl sites for hydroxylation is 1. The van der Waals surface area contributed by atoms with E-state index in [1.165, 1.54) is 0 Å². The lowest BCUT2D eigenvalue weighted by atomic mass is 10.1. The SMILES string of the molecule is Cc1ccc(Br)c2cc(C(O)C3CC3)oc12. The number of hydrogen-bond acceptors (Lipinski definition) is 2. The minimum Gasteiger partial charge on any atom is -0.458 e. The third kappa shape index (κ3) is 1.59. The smallest absolute Gasteiger partial charge is 0.138 e. The largest absolute Gasteiger partial charge is 0.458 e. The third-order valence-electron chi connectivity index (χ3n) is 3.21. The molecular formula is C13H13BrO2. The predicted octanol–water partition coefficient (Wildman–Crippen LogP) is 3.95. The van der Waals surface area contributed by atoms with Crippen molar-refractivity contribution in [1.29, 1.82) is 0 Å². The maximum Gasteiger partial charge on any atom is 0.138 e. The first-order valence-corrected chi connectivity index (χ1v) is 6.32. The van der Waals surface area contributed by atoms with E-state index >= 15 is 0 Å². The summed E-state index contributed by atoms with van der Waals surface area (Å²) < 4.78 is 6.78. The van der Waals surface area contributed by atoms with Gasteiger partial charge in [-0.25, -0.2) is 0 Å². The van der Waals surface area contributed by atoms with Crippen molar-refractivity contribution in [3.63, 3.8) is 0 Å². The molecule has 0 bridgehead atoms. The first-order chi connectivity index (χ1) is 7.66. The van der Waals surface area contributed by atoms with E-state index < -0.39 is 6.10 Å². The molecule has 3 rings (SSSR count). The van der Waals surface area contributed by atoms with Crippen LogP contribution in [0.1, 0.15) is 30.3 Å². The summed E-state index contributed by atoms with van der Waals surface area (Å²) in [5.74, 6) is 1.10. The Morgan fingerprint density at radius 2 is 2.19 bits per heavy atom. The lowest BCUT2D eigenvalue weighted by molar-refractivity contribution is 0.129. The quantitative estimate of drug-likeness (QED) is 0.904. The molecule has 1 saturated carbocycles. The average molecular weight is 281 g/mol. The second-order valence-electron chi connectivity index (χ2n) is 4.54. The molecule has 16 heavy (non-hydrogen) atoms. The molecule has 84 valence electrons. The summed E-state index contributed by atoms with van der Waals surface area (Å²) in [6.45, 7) is 2.02. The van der Waals surface area contributed by atoms with Gasteiger partial charge in [-0.3, -0.25) is 0 Å². The second kappa shape index (κ2) is 3.60. The molecule has 0 amide bonds. The van der Waals surface area contributed by atoms with Crippen molar-refractivity contribution in [3.8, 4) is 0 Å². The Morgan fingerprint density at radius 3 is 2.81 bits per heavy atom. The van der Waals surface area contributed by atoms with Crippen LogP contribution in [0.25, 0.3) is 11.0 Å². The highest BCUT2D eigenvalue weighted by Gasteiger charge is 2.33. The van der Waals surface area contributed by atoms with Crippen LogP contribution in [-0.4, -0.2) is 5.11 Å². The standard InChI is InChI=1S/C13H13BrO2/c1-7-2-5-10(14)9-6-11(16-13(7)9)12(15)8-3-4-8/h2,5-6,8,12,15H,3-4H2,1H3. The van der Waals surface area contributed by atoms with Gasteiger partial charge in [0.1, 0.15) is 17.4 Å². The summed E-state index contributed by atoms with van der Waals surface area (Å²) in [6.07, 6.45) is 1.79. The number of aliphatic hydroxyl groups excluding tert-OH is 1. The van der Waals surface area contributed by atoms with Gasteiger partial charge in [0.15, 0.2) is 0 Å². The average Bonchev–Trinajstić information content (AvgIpc) is 3.01. The Kier molecular flexibility index (Phi) is 2.33. The number of aliphatic hydroxyl groups is 1. The Morgan fingerprint density at radius 1 is 1.44 bits per heavy atom. The van der Waals surface area contributed by atoms with Crippen molar-refractivity contribution in [3.05, 3.63) is 34.0 Å². The summed E-state index contributed by atoms with van der Waals surface area (Å²) >= 11 is 3.50. The molecule has 3 heteroatoms. The Hall–Kier alpha value is -0.800. The highest BCUT2D eigenvalue weighted by molar-refractivity contribution is 9.10. The number of halogens is 1. The van der Waals surface area contributed by atoms with Crippen molar-refractivity contribution in [2.45, 2.75) is 25.9 Å². The van der Waals surface area contributed by atoms with Gasteiger partial charge in [0.05, 0.1) is 0 Å². The van der Waals surface area contributed by atoms with Crippen LogP contribution in [0.3, 0.4) is 0 Å². The predicted molar refractivity (Wildman–Crippen MR) is 66.3 cm³/mol. The minimum atomic E-state index is -0.432. The molecule has 2 nitrogen and oxygen atoms in total. The van der Waals surface area contributed by atoms with Crippen LogP contribution < -0.4 is 0 Å². The van der Waals surface area contributed by atoms with Crippen molar-refractivity contribution in [1.82, 2.24) is 0 Å². The Balaban J connectivity index is 2.14. The summed E-state index contributed by atoms with van der Waals surface area (Å²) in [5.41, 5.74) is 1.98. The monoisotopic (exact) mass is 280 g/mol. The fourth-order valence-corrected chi connectivity index (χ4v) is 2.46. The molecule has 1 heterocycles. The van der Waals surface area contributed by atoms with E-state index in [0.29, 0.717) is 11.7 Å². The molecule has 1 N–H and O–H groups in total. The molecular weight excluding hydrogens is 268 g/mol. The molecule has 1 aliphatic rings. The number of rotatable bonds is 2. The summed E-state index contributed by atoms with van der Waals surface area (Å²) in [6, 6.07) is 5.99. The van der Waals surface area contributed by atoms with Gasteiger partial charge in [-0.1, -0.05) is 22.0 Å². The van der Waals surface area contributed by atoms with Crippen molar-refractivity contribution >= 4 is 26.9 Å². The highest BCUT2D eigenvalue weighted by atomic mass is 79.9. The van der Waals surface area contributed by atoms with E-state index in [0.717, 1.165) is 33.8 Å². The van der Waals surface area contributed by atoms with Crippen LogP contribution in [-0.2, 0) is 0 Å². The number of hydrogen-bond donors (Lipinski definition) is 1. The van der Waals surface area contributed by atoms with Gasteiger partial charge in [-0.2, -0.15) is 0 Å². The fourth-order valence-electron chi connectivity index (χ4n) is 2.03. The van der Waals surface area contributed by atoms with Crippen molar-refractivity contribution < 1.29 is 9.52 Å². The summed E-state index contributed by atoms with van der Waals surface area (Å²) in [5, 5.41) is 11.1. The highest BCUT2D eigenvalue weighted by Crippen LogP contribution is 2.43. The first kappa shape index (κ1) is 10.4. The molecule has 2 aromatic rings. The second-order valence-corrected chi connectivity index (χ2v) is 5.39. The van der Waals surface area contributed by atoms with E-state index in [-0.39, 0.29) is 0 Å². The lowest BCUT2D eigenvalue weighted by Gasteiger charge is -2.03. The number of fused-ring (bicyclic) bond motifs is 1. The van der Waals surface area contributed by atoms with E-state index in [1.807, 2.05) is 25.1 Å². The zero-order valence-corrected chi connectivity index (χ0v) is 10.6. The minimum absolute atomic E-state index is 0.402. The van der Waals surface area contributed by atoms with Gasteiger partial charge >= 0.3 is 0 Å². The fraction of sp³-hybridized carbons (Fsp3) is 0.385. The van der Waals surface area contributed by atoms with Gasteiger partial charge in [0.2, 0.25) is 0 Å². The molecule has 0 radical (unpaired) electrons. The molecule has 0 spiro atoms. The zero-order valence-electron chi connectivity index (χ0n) is 9.03. The maximum absolute atomic E-state index is 10.0. The summed E-state index contributed by atoms with van der Waals surface area (Å²) in [4.78, 5) is 0. The Labute approximate surface area is 102 Å². The van der Waals surface area contributed by atoms with Crippen LogP contribution in [0.15, 0.2) is 27.1 Å². The molecule has 0 saturated heterocycles. The molecule has 1 fully saturated rings. The van der Waals surface area contributed by atoms with E-state index in [1.54, 1.807) is 0 Å². The van der Waals surface area contributed by atoms with Gasteiger partial charge < -0.3 is 9.52 Å². The van der Waals surface area contributed by atoms with Crippen molar-refractivity contribution in [2.75, 3.05) is 0 Å². The van der Waals surface area contributed by atoms with Crippen LogP contribution in [0.4, 0.5) is 0 Å². The van der Waals surface area contributed by atoms with Gasteiger partial charge in [0.25, 0.3) is 0 Å². The molecule has 1 aromatic carbocycles. The normalized spacial score (nSPS) is 17.9. The van der Waals surface area contributed by atoms with Crippen LogP contribution in [0.2, 0.25) is 0 Å². The molecule has 1 atom stereocenters. The number of furan rings is 1. The third-order valence-corrected chi connectivity index (χ3v) is 3.90. The molecule has 1 aromatic heterocycles. The number of benzene rings is 1. The topological polar surface area (TPSA) is 33.4 Å². The summed E-state index contributed by atoms with van der Waals surface area (Å²) in [7, 11) is 0. The van der Waals surface area contributed by atoms with Gasteiger partial charge in [-0.15, -0.1) is 0 Å². The Bertz CT molecular complexity index is 501. The molecule has 1 unspecified atom stereocenters. The van der Waals surface area contributed by atoms with E-state index in [4.69, 9.17) is 4.42 Å². The lowest BCUT2D eigenvalue weighted by Crippen LogP contribution is -1.96. The maximum atomic E-state index is 10.0. The van der Waals surface area contributed by atoms with Gasteiger partial charge in [-0.05, 0) is 43.4 Å². The van der Waals surface area contributed by atoms with Crippen molar-refractivity contribution in [2.24, 2.45) is 5.92 Å². The van der Waals surface area contributed by atoms with Crippen LogP contribution in [0, 0.1) is 12.8 Å². The molecule has 1 aliphatic carbocycles.